The Labute approximate surface area is 156 Å². The number of hydrogen-bond acceptors (Lipinski definition) is 5. The molecule has 2 aromatic rings. The lowest BCUT2D eigenvalue weighted by atomic mass is 9.94. The van der Waals surface area contributed by atoms with Crippen molar-refractivity contribution in [1.82, 2.24) is 5.32 Å². The number of nitrogens with one attached hydrogen (secondary N) is 1. The van der Waals surface area contributed by atoms with Gasteiger partial charge in [-0.15, -0.1) is 0 Å². The summed E-state index contributed by atoms with van der Waals surface area (Å²) in [7, 11) is 0. The first kappa shape index (κ1) is 17.4. The van der Waals surface area contributed by atoms with Crippen LogP contribution in [0.5, 0.6) is 0 Å². The summed E-state index contributed by atoms with van der Waals surface area (Å²) in [6.45, 7) is 4.11. The van der Waals surface area contributed by atoms with E-state index in [2.05, 4.69) is 5.32 Å². The van der Waals surface area contributed by atoms with Crippen molar-refractivity contribution in [2.45, 2.75) is 39.3 Å². The molecule has 0 spiro atoms. The maximum atomic E-state index is 12.8. The van der Waals surface area contributed by atoms with Crippen molar-refractivity contribution in [3.05, 3.63) is 52.8 Å². The average Bonchev–Trinajstić information content (AvgIpc) is 3.26. The second kappa shape index (κ2) is 6.95. The zero-order valence-corrected chi connectivity index (χ0v) is 15.3. The standard InChI is InChI=1S/C21H21NO5/c1-3-14-19(21(24)27-18-9-8-17(23)22-18)12(2)11-25-20(14)16-10-13-6-4-5-7-15(13)26-16/h4-7,10,18H,3,8-9,11H2,1-2H3,(H,22,23). The molecule has 2 aliphatic heterocycles. The number of fused-ring (bicyclic) bond motifs is 1. The Bertz CT molecular complexity index is 948. The SMILES string of the molecule is CCC1=C(c2cc3ccccc3o2)OCC(C)=C1C(=O)OC1CCC(=O)N1. The molecule has 140 valence electrons. The molecule has 1 fully saturated rings. The van der Waals surface area contributed by atoms with Gasteiger partial charge in [0.1, 0.15) is 12.2 Å². The number of benzene rings is 1. The smallest absolute Gasteiger partial charge is 0.340 e. The van der Waals surface area contributed by atoms with Crippen LogP contribution in [0.15, 0.2) is 51.5 Å². The minimum Gasteiger partial charge on any atom is -0.485 e. The van der Waals surface area contributed by atoms with Crippen molar-refractivity contribution in [3.8, 4) is 0 Å². The van der Waals surface area contributed by atoms with Crippen LogP contribution in [0.3, 0.4) is 0 Å². The van der Waals surface area contributed by atoms with E-state index in [-0.39, 0.29) is 12.5 Å². The van der Waals surface area contributed by atoms with E-state index in [4.69, 9.17) is 13.9 Å². The largest absolute Gasteiger partial charge is 0.485 e. The molecule has 6 nitrogen and oxygen atoms in total. The minimum absolute atomic E-state index is 0.0975. The van der Waals surface area contributed by atoms with Gasteiger partial charge in [-0.1, -0.05) is 25.1 Å². The molecular formula is C21H21NO5. The van der Waals surface area contributed by atoms with Gasteiger partial charge in [0.15, 0.2) is 17.7 Å². The molecular weight excluding hydrogens is 346 g/mol. The molecule has 1 amide bonds. The molecule has 0 aliphatic carbocycles. The minimum atomic E-state index is -0.569. The third-order valence-electron chi connectivity index (χ3n) is 4.85. The number of para-hydroxylation sites is 1. The van der Waals surface area contributed by atoms with E-state index in [1.54, 1.807) is 0 Å². The highest BCUT2D eigenvalue weighted by atomic mass is 16.6. The van der Waals surface area contributed by atoms with E-state index < -0.39 is 12.2 Å². The molecule has 2 aliphatic rings. The Kier molecular flexibility index (Phi) is 4.48. The van der Waals surface area contributed by atoms with Gasteiger partial charge in [-0.3, -0.25) is 4.79 Å². The van der Waals surface area contributed by atoms with Gasteiger partial charge in [0.25, 0.3) is 0 Å². The van der Waals surface area contributed by atoms with Crippen molar-refractivity contribution in [2.24, 2.45) is 0 Å². The van der Waals surface area contributed by atoms with Gasteiger partial charge in [-0.2, -0.15) is 0 Å². The van der Waals surface area contributed by atoms with Crippen LogP contribution in [0.4, 0.5) is 0 Å². The van der Waals surface area contributed by atoms with E-state index in [1.165, 1.54) is 0 Å². The van der Waals surface area contributed by atoms with Crippen LogP contribution >= 0.6 is 0 Å². The number of esters is 1. The van der Waals surface area contributed by atoms with Crippen molar-refractivity contribution in [2.75, 3.05) is 6.61 Å². The molecule has 1 saturated heterocycles. The first-order chi connectivity index (χ1) is 13.1. The van der Waals surface area contributed by atoms with Crippen LogP contribution in [0.25, 0.3) is 16.7 Å². The van der Waals surface area contributed by atoms with Crippen LogP contribution in [0.1, 0.15) is 38.9 Å². The molecule has 1 unspecified atom stereocenters. The summed E-state index contributed by atoms with van der Waals surface area (Å²) in [6, 6.07) is 9.64. The van der Waals surface area contributed by atoms with E-state index in [1.807, 2.05) is 44.2 Å². The summed E-state index contributed by atoms with van der Waals surface area (Å²) >= 11 is 0. The van der Waals surface area contributed by atoms with Crippen molar-refractivity contribution < 1.29 is 23.5 Å². The highest BCUT2D eigenvalue weighted by Crippen LogP contribution is 2.36. The Morgan fingerprint density at radius 1 is 1.33 bits per heavy atom. The summed E-state index contributed by atoms with van der Waals surface area (Å²) in [4.78, 5) is 24.2. The highest BCUT2D eigenvalue weighted by molar-refractivity contribution is 5.98. The van der Waals surface area contributed by atoms with E-state index in [0.717, 1.165) is 22.1 Å². The quantitative estimate of drug-likeness (QED) is 0.834. The lowest BCUT2D eigenvalue weighted by Crippen LogP contribution is -2.32. The van der Waals surface area contributed by atoms with Crippen LogP contribution < -0.4 is 5.32 Å². The monoisotopic (exact) mass is 367 g/mol. The molecule has 6 heteroatoms. The normalized spacial score (nSPS) is 20.1. The van der Waals surface area contributed by atoms with Crippen LogP contribution in [-0.2, 0) is 19.1 Å². The fourth-order valence-corrected chi connectivity index (χ4v) is 3.52. The number of amides is 1. The van der Waals surface area contributed by atoms with Gasteiger partial charge in [0, 0.05) is 23.8 Å². The zero-order valence-electron chi connectivity index (χ0n) is 15.3. The maximum absolute atomic E-state index is 12.8. The van der Waals surface area contributed by atoms with Crippen molar-refractivity contribution in [3.63, 3.8) is 0 Å². The van der Waals surface area contributed by atoms with E-state index in [0.29, 0.717) is 36.4 Å². The molecule has 1 aromatic carbocycles. The van der Waals surface area contributed by atoms with Crippen molar-refractivity contribution in [1.29, 1.82) is 0 Å². The predicted molar refractivity (Wildman–Crippen MR) is 99.3 cm³/mol. The number of furan rings is 1. The third kappa shape index (κ3) is 3.23. The molecule has 27 heavy (non-hydrogen) atoms. The molecule has 4 rings (SSSR count). The number of carbonyl (C=O) groups excluding carboxylic acids is 2. The third-order valence-corrected chi connectivity index (χ3v) is 4.85. The summed E-state index contributed by atoms with van der Waals surface area (Å²) in [5.74, 6) is 0.634. The topological polar surface area (TPSA) is 77.8 Å². The van der Waals surface area contributed by atoms with Gasteiger partial charge < -0.3 is 19.2 Å². The van der Waals surface area contributed by atoms with Crippen LogP contribution in [0, 0.1) is 0 Å². The summed E-state index contributed by atoms with van der Waals surface area (Å²) in [5, 5.41) is 3.64. The molecule has 0 radical (unpaired) electrons. The van der Waals surface area contributed by atoms with E-state index >= 15 is 0 Å². The Morgan fingerprint density at radius 3 is 2.85 bits per heavy atom. The zero-order chi connectivity index (χ0) is 19.0. The predicted octanol–water partition coefficient (Wildman–Crippen LogP) is 3.68. The number of ether oxygens (including phenoxy) is 2. The molecule has 1 atom stereocenters. The number of hydrogen-bond donors (Lipinski definition) is 1. The van der Waals surface area contributed by atoms with Gasteiger partial charge in [0.2, 0.25) is 5.91 Å². The summed E-state index contributed by atoms with van der Waals surface area (Å²) in [5.41, 5.74) is 2.84. The van der Waals surface area contributed by atoms with Gasteiger partial charge in [0.05, 0.1) is 5.57 Å². The Morgan fingerprint density at radius 2 is 2.15 bits per heavy atom. The maximum Gasteiger partial charge on any atom is 0.340 e. The van der Waals surface area contributed by atoms with Crippen LogP contribution in [-0.4, -0.2) is 24.7 Å². The summed E-state index contributed by atoms with van der Waals surface area (Å²) in [6.07, 6.45) is 0.890. The second-order valence-corrected chi connectivity index (χ2v) is 6.75. The Balaban J connectivity index is 1.69. The fourth-order valence-electron chi connectivity index (χ4n) is 3.52. The lowest BCUT2D eigenvalue weighted by Gasteiger charge is -2.24. The van der Waals surface area contributed by atoms with E-state index in [9.17, 15) is 9.59 Å². The summed E-state index contributed by atoms with van der Waals surface area (Å²) < 4.78 is 17.4. The first-order valence-corrected chi connectivity index (χ1v) is 9.12. The lowest BCUT2D eigenvalue weighted by molar-refractivity contribution is -0.145. The van der Waals surface area contributed by atoms with Gasteiger partial charge in [-0.25, -0.2) is 4.79 Å². The molecule has 0 bridgehead atoms. The first-order valence-electron chi connectivity index (χ1n) is 9.12. The molecule has 1 N–H and O–H groups in total. The van der Waals surface area contributed by atoms with Gasteiger partial charge >= 0.3 is 5.97 Å². The van der Waals surface area contributed by atoms with Crippen LogP contribution in [0.2, 0.25) is 0 Å². The Hall–Kier alpha value is -3.02. The molecule has 1 aromatic heterocycles. The highest BCUT2D eigenvalue weighted by Gasteiger charge is 2.31. The molecule has 0 saturated carbocycles. The van der Waals surface area contributed by atoms with Crippen molar-refractivity contribution >= 4 is 28.6 Å². The average molecular weight is 367 g/mol. The molecule has 3 heterocycles. The number of rotatable bonds is 4. The second-order valence-electron chi connectivity index (χ2n) is 6.75. The number of carbonyl (C=O) groups is 2. The van der Waals surface area contributed by atoms with Gasteiger partial charge in [-0.05, 0) is 31.1 Å². The fraction of sp³-hybridized carbons (Fsp3) is 0.333.